The molecular formula is C15H22F2N4. The SMILES string of the molecule is CC(C)(C)N1CCN(c2c(F)cc(C(=N)N)cc2F)CC1. The first kappa shape index (κ1) is 15.7. The van der Waals surface area contributed by atoms with Gasteiger partial charge in [0.1, 0.15) is 23.2 Å². The van der Waals surface area contributed by atoms with E-state index in [1.165, 1.54) is 0 Å². The first-order valence-corrected chi connectivity index (χ1v) is 7.03. The molecule has 0 radical (unpaired) electrons. The largest absolute Gasteiger partial charge is 0.384 e. The number of rotatable bonds is 2. The zero-order valence-electron chi connectivity index (χ0n) is 12.7. The van der Waals surface area contributed by atoms with Crippen LogP contribution in [0.25, 0.3) is 0 Å². The molecule has 0 atom stereocenters. The second-order valence-electron chi connectivity index (χ2n) is 6.35. The van der Waals surface area contributed by atoms with Crippen molar-refractivity contribution in [2.45, 2.75) is 26.3 Å². The van der Waals surface area contributed by atoms with Crippen LogP contribution in [0.15, 0.2) is 12.1 Å². The monoisotopic (exact) mass is 296 g/mol. The third-order valence-corrected chi connectivity index (χ3v) is 3.87. The summed E-state index contributed by atoms with van der Waals surface area (Å²) in [5, 5.41) is 7.26. The van der Waals surface area contributed by atoms with Gasteiger partial charge in [0.2, 0.25) is 0 Å². The van der Waals surface area contributed by atoms with Crippen LogP contribution in [0.1, 0.15) is 26.3 Å². The molecule has 6 heteroatoms. The quantitative estimate of drug-likeness (QED) is 0.649. The average Bonchev–Trinajstić information content (AvgIpc) is 2.37. The van der Waals surface area contributed by atoms with Crippen molar-refractivity contribution in [3.05, 3.63) is 29.3 Å². The summed E-state index contributed by atoms with van der Waals surface area (Å²) in [7, 11) is 0. The number of nitrogens with one attached hydrogen (secondary N) is 1. The fourth-order valence-electron chi connectivity index (χ4n) is 2.62. The number of benzene rings is 1. The van der Waals surface area contributed by atoms with Gasteiger partial charge in [-0.2, -0.15) is 0 Å². The highest BCUT2D eigenvalue weighted by atomic mass is 19.1. The lowest BCUT2D eigenvalue weighted by Gasteiger charge is -2.43. The van der Waals surface area contributed by atoms with Gasteiger partial charge >= 0.3 is 0 Å². The smallest absolute Gasteiger partial charge is 0.150 e. The van der Waals surface area contributed by atoms with Crippen molar-refractivity contribution in [2.24, 2.45) is 5.73 Å². The number of nitrogen functional groups attached to an aromatic ring is 1. The minimum atomic E-state index is -0.663. The molecular weight excluding hydrogens is 274 g/mol. The van der Waals surface area contributed by atoms with Crippen molar-refractivity contribution in [1.29, 1.82) is 5.41 Å². The molecule has 2 rings (SSSR count). The molecule has 1 saturated heterocycles. The van der Waals surface area contributed by atoms with Gasteiger partial charge in [-0.3, -0.25) is 10.3 Å². The van der Waals surface area contributed by atoms with E-state index >= 15 is 0 Å². The first-order valence-electron chi connectivity index (χ1n) is 7.03. The second kappa shape index (κ2) is 5.60. The number of amidine groups is 1. The van der Waals surface area contributed by atoms with Crippen LogP contribution in [0.4, 0.5) is 14.5 Å². The van der Waals surface area contributed by atoms with Crippen LogP contribution >= 0.6 is 0 Å². The summed E-state index contributed by atoms with van der Waals surface area (Å²) >= 11 is 0. The summed E-state index contributed by atoms with van der Waals surface area (Å²) < 4.78 is 28.3. The summed E-state index contributed by atoms with van der Waals surface area (Å²) in [5.41, 5.74) is 5.38. The molecule has 0 amide bonds. The predicted molar refractivity (Wildman–Crippen MR) is 80.9 cm³/mol. The van der Waals surface area contributed by atoms with Gasteiger partial charge in [0.15, 0.2) is 0 Å². The summed E-state index contributed by atoms with van der Waals surface area (Å²) in [6, 6.07) is 2.24. The molecule has 1 aliphatic heterocycles. The van der Waals surface area contributed by atoms with Crippen molar-refractivity contribution < 1.29 is 8.78 Å². The zero-order valence-corrected chi connectivity index (χ0v) is 12.7. The third-order valence-electron chi connectivity index (χ3n) is 3.87. The van der Waals surface area contributed by atoms with Gasteiger partial charge in [0.05, 0.1) is 0 Å². The minimum absolute atomic E-state index is 0.0199. The van der Waals surface area contributed by atoms with Crippen LogP contribution in [-0.4, -0.2) is 42.5 Å². The maximum absolute atomic E-state index is 14.1. The fourth-order valence-corrected chi connectivity index (χ4v) is 2.62. The van der Waals surface area contributed by atoms with E-state index in [-0.39, 0.29) is 22.6 Å². The maximum atomic E-state index is 14.1. The maximum Gasteiger partial charge on any atom is 0.150 e. The fraction of sp³-hybridized carbons (Fsp3) is 0.533. The molecule has 0 saturated carbocycles. The normalized spacial score (nSPS) is 17.1. The van der Waals surface area contributed by atoms with Gasteiger partial charge in [0.25, 0.3) is 0 Å². The Morgan fingerprint density at radius 2 is 1.57 bits per heavy atom. The van der Waals surface area contributed by atoms with Gasteiger partial charge in [-0.25, -0.2) is 8.78 Å². The minimum Gasteiger partial charge on any atom is -0.384 e. The Bertz CT molecular complexity index is 520. The van der Waals surface area contributed by atoms with Crippen LogP contribution in [0, 0.1) is 17.0 Å². The molecule has 0 spiro atoms. The lowest BCUT2D eigenvalue weighted by atomic mass is 10.0. The molecule has 1 heterocycles. The van der Waals surface area contributed by atoms with Gasteiger partial charge in [-0.15, -0.1) is 0 Å². The van der Waals surface area contributed by atoms with Crippen molar-refractivity contribution >= 4 is 11.5 Å². The van der Waals surface area contributed by atoms with E-state index in [4.69, 9.17) is 11.1 Å². The standard InChI is InChI=1S/C15H22F2N4/c1-15(2,3)21-6-4-20(5-7-21)13-11(16)8-10(14(18)19)9-12(13)17/h8-9H,4-7H2,1-3H3,(H3,18,19). The molecule has 0 unspecified atom stereocenters. The van der Waals surface area contributed by atoms with E-state index in [2.05, 4.69) is 25.7 Å². The molecule has 116 valence electrons. The highest BCUT2D eigenvalue weighted by molar-refractivity contribution is 5.95. The summed E-state index contributed by atoms with van der Waals surface area (Å²) in [6.07, 6.45) is 0. The van der Waals surface area contributed by atoms with Gasteiger partial charge in [-0.05, 0) is 32.9 Å². The highest BCUT2D eigenvalue weighted by Crippen LogP contribution is 2.27. The second-order valence-corrected chi connectivity index (χ2v) is 6.35. The van der Waals surface area contributed by atoms with E-state index in [0.717, 1.165) is 25.2 Å². The molecule has 1 fully saturated rings. The molecule has 0 aliphatic carbocycles. The highest BCUT2D eigenvalue weighted by Gasteiger charge is 2.28. The Morgan fingerprint density at radius 1 is 1.10 bits per heavy atom. The van der Waals surface area contributed by atoms with Gasteiger partial charge in [-0.1, -0.05) is 0 Å². The Morgan fingerprint density at radius 3 is 1.95 bits per heavy atom. The van der Waals surface area contributed by atoms with Crippen molar-refractivity contribution in [1.82, 2.24) is 4.90 Å². The lowest BCUT2D eigenvalue weighted by molar-refractivity contribution is 0.128. The topological polar surface area (TPSA) is 56.4 Å². The number of nitrogens with two attached hydrogens (primary N) is 1. The van der Waals surface area contributed by atoms with Crippen LogP contribution in [0.3, 0.4) is 0 Å². The first-order chi connectivity index (χ1) is 9.70. The van der Waals surface area contributed by atoms with Gasteiger partial charge < -0.3 is 10.6 Å². The van der Waals surface area contributed by atoms with E-state index in [1.807, 2.05) is 0 Å². The Hall–Kier alpha value is -1.69. The lowest BCUT2D eigenvalue weighted by Crippen LogP contribution is -2.53. The Kier molecular flexibility index (Phi) is 4.18. The van der Waals surface area contributed by atoms with E-state index in [9.17, 15) is 8.78 Å². The number of hydrogen-bond donors (Lipinski definition) is 2. The molecule has 1 aromatic rings. The van der Waals surface area contributed by atoms with Crippen molar-refractivity contribution in [2.75, 3.05) is 31.1 Å². The predicted octanol–water partition coefficient (Wildman–Crippen LogP) is 2.17. The van der Waals surface area contributed by atoms with Crippen molar-refractivity contribution in [3.63, 3.8) is 0 Å². The number of nitrogens with zero attached hydrogens (tertiary/aromatic N) is 2. The van der Waals surface area contributed by atoms with E-state index in [1.54, 1.807) is 4.90 Å². The van der Waals surface area contributed by atoms with Crippen LogP contribution in [-0.2, 0) is 0 Å². The summed E-state index contributed by atoms with van der Waals surface area (Å²) in [4.78, 5) is 4.01. The molecule has 1 aromatic carbocycles. The average molecular weight is 296 g/mol. The number of anilines is 1. The molecule has 0 bridgehead atoms. The Balaban J connectivity index is 2.19. The van der Waals surface area contributed by atoms with E-state index in [0.29, 0.717) is 13.1 Å². The van der Waals surface area contributed by atoms with Gasteiger partial charge in [0, 0.05) is 37.3 Å². The molecule has 3 N–H and O–H groups in total. The van der Waals surface area contributed by atoms with Crippen molar-refractivity contribution in [3.8, 4) is 0 Å². The molecule has 1 aliphatic rings. The Labute approximate surface area is 124 Å². The summed E-state index contributed by atoms with van der Waals surface area (Å²) in [6.45, 7) is 9.06. The van der Waals surface area contributed by atoms with Crippen LogP contribution < -0.4 is 10.6 Å². The number of halogens is 2. The van der Waals surface area contributed by atoms with E-state index < -0.39 is 11.6 Å². The molecule has 21 heavy (non-hydrogen) atoms. The summed E-state index contributed by atoms with van der Waals surface area (Å²) in [5.74, 6) is -1.66. The van der Waals surface area contributed by atoms with Crippen LogP contribution in [0.5, 0.6) is 0 Å². The number of hydrogen-bond acceptors (Lipinski definition) is 3. The zero-order chi connectivity index (χ0) is 15.8. The molecule has 0 aromatic heterocycles. The van der Waals surface area contributed by atoms with Crippen LogP contribution in [0.2, 0.25) is 0 Å². The number of piperazine rings is 1. The molecule has 4 nitrogen and oxygen atoms in total. The third kappa shape index (κ3) is 3.32.